The summed E-state index contributed by atoms with van der Waals surface area (Å²) in [7, 11) is 0. The molecule has 0 unspecified atom stereocenters. The second-order valence-electron chi connectivity index (χ2n) is 6.40. The maximum absolute atomic E-state index is 6.09. The van der Waals surface area contributed by atoms with Gasteiger partial charge in [0.15, 0.2) is 5.82 Å². The van der Waals surface area contributed by atoms with Gasteiger partial charge < -0.3 is 9.64 Å². The molecule has 0 aromatic carbocycles. The van der Waals surface area contributed by atoms with Crippen LogP contribution in [-0.2, 0) is 0 Å². The first-order valence-electron chi connectivity index (χ1n) is 8.50. The molecule has 8 nitrogen and oxygen atoms in total. The monoisotopic (exact) mass is 339 g/mol. The predicted molar refractivity (Wildman–Crippen MR) is 92.9 cm³/mol. The second kappa shape index (κ2) is 6.27. The zero-order chi connectivity index (χ0) is 17.4. The first kappa shape index (κ1) is 15.7. The van der Waals surface area contributed by atoms with Crippen molar-refractivity contribution in [1.29, 1.82) is 0 Å². The molecule has 0 atom stereocenters. The lowest BCUT2D eigenvalue weighted by molar-refractivity contribution is 0.161. The third-order valence-corrected chi connectivity index (χ3v) is 4.53. The van der Waals surface area contributed by atoms with E-state index in [-0.39, 0.29) is 6.10 Å². The normalized spacial score (nSPS) is 15.7. The number of fused-ring (bicyclic) bond motifs is 1. The summed E-state index contributed by atoms with van der Waals surface area (Å²) < 4.78 is 8.06. The molecule has 8 heteroatoms. The Balaban J connectivity index is 1.47. The van der Waals surface area contributed by atoms with Crippen molar-refractivity contribution in [2.75, 3.05) is 18.0 Å². The molecular weight excluding hydrogens is 318 g/mol. The summed E-state index contributed by atoms with van der Waals surface area (Å²) in [5.74, 6) is 2.39. The Morgan fingerprint density at radius 3 is 2.68 bits per heavy atom. The van der Waals surface area contributed by atoms with Crippen LogP contribution >= 0.6 is 0 Å². The Kier molecular flexibility index (Phi) is 3.95. The highest BCUT2D eigenvalue weighted by Crippen LogP contribution is 2.24. The minimum absolute atomic E-state index is 0.144. The van der Waals surface area contributed by atoms with Crippen molar-refractivity contribution in [3.8, 4) is 5.88 Å². The van der Waals surface area contributed by atoms with E-state index >= 15 is 0 Å². The number of aryl methyl sites for hydroxylation is 3. The summed E-state index contributed by atoms with van der Waals surface area (Å²) in [5, 5.41) is 8.41. The largest absolute Gasteiger partial charge is 0.473 e. The van der Waals surface area contributed by atoms with Crippen LogP contribution in [0.2, 0.25) is 0 Å². The van der Waals surface area contributed by atoms with Crippen LogP contribution in [0.5, 0.6) is 5.88 Å². The number of hydrogen-bond donors (Lipinski definition) is 0. The van der Waals surface area contributed by atoms with E-state index in [0.717, 1.165) is 54.6 Å². The number of piperidine rings is 1. The van der Waals surface area contributed by atoms with Crippen molar-refractivity contribution in [3.05, 3.63) is 35.8 Å². The third kappa shape index (κ3) is 2.99. The van der Waals surface area contributed by atoms with Gasteiger partial charge >= 0.3 is 0 Å². The van der Waals surface area contributed by atoms with Gasteiger partial charge in [-0.3, -0.25) is 9.38 Å². The summed E-state index contributed by atoms with van der Waals surface area (Å²) in [6, 6.07) is 0. The van der Waals surface area contributed by atoms with Gasteiger partial charge in [0.25, 0.3) is 0 Å². The van der Waals surface area contributed by atoms with Gasteiger partial charge in [-0.15, -0.1) is 10.2 Å². The summed E-state index contributed by atoms with van der Waals surface area (Å²) in [4.78, 5) is 15.5. The van der Waals surface area contributed by atoms with E-state index < -0.39 is 0 Å². The van der Waals surface area contributed by atoms with Gasteiger partial charge in [-0.2, -0.15) is 0 Å². The van der Waals surface area contributed by atoms with E-state index in [1.165, 1.54) is 0 Å². The number of anilines is 1. The molecule has 1 aliphatic rings. The summed E-state index contributed by atoms with van der Waals surface area (Å²) >= 11 is 0. The lowest BCUT2D eigenvalue weighted by Crippen LogP contribution is -2.39. The molecule has 25 heavy (non-hydrogen) atoms. The molecule has 0 spiro atoms. The number of rotatable bonds is 3. The SMILES string of the molecule is Cc1cnc(C)c(OC2CCN(c3nccn4c(C)nnc34)CC2)n1. The van der Waals surface area contributed by atoms with E-state index in [0.29, 0.717) is 5.88 Å². The Hall–Kier alpha value is -2.77. The van der Waals surface area contributed by atoms with Crippen LogP contribution in [0.1, 0.15) is 30.1 Å². The van der Waals surface area contributed by atoms with Crippen LogP contribution in [0.4, 0.5) is 5.82 Å². The maximum atomic E-state index is 6.09. The smallest absolute Gasteiger partial charge is 0.235 e. The van der Waals surface area contributed by atoms with Crippen LogP contribution in [-0.4, -0.2) is 48.7 Å². The molecule has 130 valence electrons. The Bertz CT molecular complexity index is 899. The van der Waals surface area contributed by atoms with Gasteiger partial charge in [-0.05, 0) is 20.8 Å². The zero-order valence-corrected chi connectivity index (χ0v) is 14.7. The van der Waals surface area contributed by atoms with Crippen LogP contribution in [0.15, 0.2) is 18.6 Å². The van der Waals surface area contributed by atoms with Crippen molar-refractivity contribution in [1.82, 2.24) is 29.5 Å². The quantitative estimate of drug-likeness (QED) is 0.720. The molecule has 4 rings (SSSR count). The van der Waals surface area contributed by atoms with Gasteiger partial charge in [0.2, 0.25) is 11.5 Å². The van der Waals surface area contributed by atoms with Gasteiger partial charge in [0, 0.05) is 44.5 Å². The fourth-order valence-electron chi connectivity index (χ4n) is 3.12. The van der Waals surface area contributed by atoms with Crippen molar-refractivity contribution in [2.45, 2.75) is 39.7 Å². The van der Waals surface area contributed by atoms with Crippen LogP contribution in [0, 0.1) is 20.8 Å². The zero-order valence-electron chi connectivity index (χ0n) is 14.7. The third-order valence-electron chi connectivity index (χ3n) is 4.53. The average molecular weight is 339 g/mol. The lowest BCUT2D eigenvalue weighted by Gasteiger charge is -2.32. The van der Waals surface area contributed by atoms with Crippen LogP contribution in [0.3, 0.4) is 0 Å². The van der Waals surface area contributed by atoms with E-state index in [1.807, 2.05) is 31.4 Å². The Morgan fingerprint density at radius 1 is 1.08 bits per heavy atom. The van der Waals surface area contributed by atoms with Gasteiger partial charge in [-0.25, -0.2) is 9.97 Å². The molecule has 0 N–H and O–H groups in total. The van der Waals surface area contributed by atoms with Crippen molar-refractivity contribution < 1.29 is 4.74 Å². The standard InChI is InChI=1S/C17H21N7O/c1-11-10-19-12(2)17(20-11)25-14-4-7-23(8-5-14)15-16-22-21-13(3)24(16)9-6-18-15/h6,9-10,14H,4-5,7-8H2,1-3H3. The molecule has 0 radical (unpaired) electrons. The minimum atomic E-state index is 0.144. The topological polar surface area (TPSA) is 81.3 Å². The van der Waals surface area contributed by atoms with Crippen LogP contribution < -0.4 is 9.64 Å². The fraction of sp³-hybridized carbons (Fsp3) is 0.471. The molecule has 0 bridgehead atoms. The minimum Gasteiger partial charge on any atom is -0.473 e. The average Bonchev–Trinajstić information content (AvgIpc) is 3.00. The van der Waals surface area contributed by atoms with Gasteiger partial charge in [0.1, 0.15) is 11.9 Å². The Labute approximate surface area is 145 Å². The van der Waals surface area contributed by atoms with Crippen molar-refractivity contribution in [3.63, 3.8) is 0 Å². The molecule has 0 amide bonds. The summed E-state index contributed by atoms with van der Waals surface area (Å²) in [6.45, 7) is 7.52. The molecule has 4 heterocycles. The highest BCUT2D eigenvalue weighted by Gasteiger charge is 2.24. The first-order chi connectivity index (χ1) is 12.1. The molecular formula is C17H21N7O. The number of nitrogens with zero attached hydrogens (tertiary/aromatic N) is 7. The number of aromatic nitrogens is 6. The highest BCUT2D eigenvalue weighted by atomic mass is 16.5. The van der Waals surface area contributed by atoms with E-state index in [9.17, 15) is 0 Å². The second-order valence-corrected chi connectivity index (χ2v) is 6.40. The Morgan fingerprint density at radius 2 is 1.88 bits per heavy atom. The first-order valence-corrected chi connectivity index (χ1v) is 8.50. The molecule has 1 fully saturated rings. The van der Waals surface area contributed by atoms with Gasteiger partial charge in [-0.1, -0.05) is 0 Å². The number of hydrogen-bond acceptors (Lipinski definition) is 7. The molecule has 3 aromatic heterocycles. The van der Waals surface area contributed by atoms with Crippen molar-refractivity contribution in [2.24, 2.45) is 0 Å². The molecule has 1 aliphatic heterocycles. The fourth-order valence-corrected chi connectivity index (χ4v) is 3.12. The van der Waals surface area contributed by atoms with E-state index in [4.69, 9.17) is 4.74 Å². The molecule has 3 aromatic rings. The predicted octanol–water partition coefficient (Wildman–Crippen LogP) is 1.89. The highest BCUT2D eigenvalue weighted by molar-refractivity contribution is 5.63. The van der Waals surface area contributed by atoms with Crippen LogP contribution in [0.25, 0.3) is 5.65 Å². The van der Waals surface area contributed by atoms with E-state index in [2.05, 4.69) is 30.0 Å². The summed E-state index contributed by atoms with van der Waals surface area (Å²) in [5.41, 5.74) is 2.51. The summed E-state index contributed by atoms with van der Waals surface area (Å²) in [6.07, 6.45) is 7.41. The number of ether oxygens (including phenoxy) is 1. The van der Waals surface area contributed by atoms with Gasteiger partial charge in [0.05, 0.1) is 11.4 Å². The lowest BCUT2D eigenvalue weighted by atomic mass is 10.1. The molecule has 1 saturated heterocycles. The van der Waals surface area contributed by atoms with E-state index in [1.54, 1.807) is 12.4 Å². The maximum Gasteiger partial charge on any atom is 0.235 e. The molecule has 0 saturated carbocycles. The molecule has 0 aliphatic carbocycles. The van der Waals surface area contributed by atoms with Crippen molar-refractivity contribution >= 4 is 11.5 Å².